The van der Waals surface area contributed by atoms with E-state index in [1.54, 1.807) is 7.05 Å². The highest BCUT2D eigenvalue weighted by Gasteiger charge is 2.17. The van der Waals surface area contributed by atoms with Crippen LogP contribution >= 0.6 is 11.6 Å². The Balaban J connectivity index is 2.14. The van der Waals surface area contributed by atoms with Gasteiger partial charge >= 0.3 is 5.76 Å². The highest BCUT2D eigenvalue weighted by molar-refractivity contribution is 6.23. The Kier molecular flexibility index (Phi) is 3.38. The SMILES string of the molecule is Cc1cccc(C)c1C(Cl)c1ccc2c(c1)oc(=O)n2C. The molecule has 0 aliphatic carbocycles. The number of aryl methyl sites for hydroxylation is 3. The van der Waals surface area contributed by atoms with Crippen molar-refractivity contribution in [2.45, 2.75) is 19.2 Å². The van der Waals surface area contributed by atoms with Gasteiger partial charge in [-0.15, -0.1) is 11.6 Å². The maximum atomic E-state index is 11.6. The largest absolute Gasteiger partial charge is 0.419 e. The third-order valence-electron chi connectivity index (χ3n) is 3.90. The number of hydrogen-bond acceptors (Lipinski definition) is 2. The third kappa shape index (κ3) is 2.28. The van der Waals surface area contributed by atoms with Gasteiger partial charge in [0.25, 0.3) is 0 Å². The van der Waals surface area contributed by atoms with Crippen molar-refractivity contribution in [2.24, 2.45) is 7.05 Å². The van der Waals surface area contributed by atoms with Crippen LogP contribution in [0.15, 0.2) is 45.6 Å². The molecule has 1 atom stereocenters. The minimum Gasteiger partial charge on any atom is -0.408 e. The van der Waals surface area contributed by atoms with E-state index in [-0.39, 0.29) is 11.1 Å². The number of hydrogen-bond donors (Lipinski definition) is 0. The Morgan fingerprint density at radius 1 is 1.14 bits per heavy atom. The van der Waals surface area contributed by atoms with E-state index < -0.39 is 0 Å². The molecular weight excluding hydrogens is 286 g/mol. The lowest BCUT2D eigenvalue weighted by molar-refractivity contribution is 0.528. The second kappa shape index (κ2) is 5.08. The van der Waals surface area contributed by atoms with Crippen LogP contribution in [0.4, 0.5) is 0 Å². The molecule has 1 heterocycles. The van der Waals surface area contributed by atoms with Crippen LogP contribution in [0, 0.1) is 13.8 Å². The Labute approximate surface area is 127 Å². The Bertz CT molecular complexity index is 856. The van der Waals surface area contributed by atoms with Crippen LogP contribution in [0.2, 0.25) is 0 Å². The van der Waals surface area contributed by atoms with Crippen LogP contribution in [0.1, 0.15) is 27.6 Å². The molecule has 0 bridgehead atoms. The highest BCUT2D eigenvalue weighted by Crippen LogP contribution is 2.34. The van der Waals surface area contributed by atoms with Crippen molar-refractivity contribution in [2.75, 3.05) is 0 Å². The zero-order valence-electron chi connectivity index (χ0n) is 12.2. The lowest BCUT2D eigenvalue weighted by Crippen LogP contribution is -2.08. The normalized spacial score (nSPS) is 12.8. The van der Waals surface area contributed by atoms with E-state index in [0.717, 1.165) is 27.8 Å². The average molecular weight is 302 g/mol. The van der Waals surface area contributed by atoms with Crippen LogP contribution in [-0.2, 0) is 7.05 Å². The molecule has 108 valence electrons. The van der Waals surface area contributed by atoms with Gasteiger partial charge in [-0.3, -0.25) is 4.57 Å². The summed E-state index contributed by atoms with van der Waals surface area (Å²) in [5, 5.41) is -0.263. The minimum absolute atomic E-state index is 0.263. The fourth-order valence-electron chi connectivity index (χ4n) is 2.70. The van der Waals surface area contributed by atoms with Crippen molar-refractivity contribution in [3.05, 3.63) is 69.2 Å². The quantitative estimate of drug-likeness (QED) is 0.669. The molecule has 0 aliphatic rings. The average Bonchev–Trinajstić information content (AvgIpc) is 2.73. The molecule has 2 aromatic carbocycles. The third-order valence-corrected chi connectivity index (χ3v) is 4.37. The molecule has 0 radical (unpaired) electrons. The van der Waals surface area contributed by atoms with E-state index >= 15 is 0 Å². The Morgan fingerprint density at radius 3 is 2.48 bits per heavy atom. The second-order valence-electron chi connectivity index (χ2n) is 5.32. The topological polar surface area (TPSA) is 35.1 Å². The monoisotopic (exact) mass is 301 g/mol. The molecule has 0 spiro atoms. The summed E-state index contributed by atoms with van der Waals surface area (Å²) in [7, 11) is 1.69. The molecule has 3 rings (SSSR count). The number of rotatable bonds is 2. The summed E-state index contributed by atoms with van der Waals surface area (Å²) in [5.41, 5.74) is 5.69. The van der Waals surface area contributed by atoms with Crippen LogP contribution in [0.3, 0.4) is 0 Å². The van der Waals surface area contributed by atoms with Crippen LogP contribution < -0.4 is 5.76 Å². The first-order valence-corrected chi connectivity index (χ1v) is 7.22. The van der Waals surface area contributed by atoms with Gasteiger partial charge in [-0.2, -0.15) is 0 Å². The molecule has 21 heavy (non-hydrogen) atoms. The van der Waals surface area contributed by atoms with E-state index in [4.69, 9.17) is 16.0 Å². The predicted molar refractivity (Wildman–Crippen MR) is 85.1 cm³/mol. The van der Waals surface area contributed by atoms with E-state index in [0.29, 0.717) is 5.58 Å². The van der Waals surface area contributed by atoms with Gasteiger partial charge in [0.15, 0.2) is 5.58 Å². The molecule has 3 nitrogen and oxygen atoms in total. The first kappa shape index (κ1) is 14.0. The number of benzene rings is 2. The van der Waals surface area contributed by atoms with Crippen molar-refractivity contribution < 1.29 is 4.42 Å². The number of fused-ring (bicyclic) bond motifs is 1. The number of halogens is 1. The van der Waals surface area contributed by atoms with Gasteiger partial charge in [0.05, 0.1) is 10.9 Å². The van der Waals surface area contributed by atoms with E-state index in [1.807, 2.05) is 24.3 Å². The van der Waals surface area contributed by atoms with Gasteiger partial charge in [0, 0.05) is 7.05 Å². The maximum Gasteiger partial charge on any atom is 0.419 e. The maximum absolute atomic E-state index is 11.6. The van der Waals surface area contributed by atoms with E-state index in [9.17, 15) is 4.79 Å². The first-order chi connectivity index (χ1) is 9.99. The summed E-state index contributed by atoms with van der Waals surface area (Å²) in [6.07, 6.45) is 0. The van der Waals surface area contributed by atoms with Crippen LogP contribution in [-0.4, -0.2) is 4.57 Å². The van der Waals surface area contributed by atoms with Crippen molar-refractivity contribution in [3.63, 3.8) is 0 Å². The fourth-order valence-corrected chi connectivity index (χ4v) is 3.18. The van der Waals surface area contributed by atoms with Crippen molar-refractivity contribution >= 4 is 22.7 Å². The van der Waals surface area contributed by atoms with E-state index in [2.05, 4.69) is 26.0 Å². The van der Waals surface area contributed by atoms with Gasteiger partial charge in [-0.1, -0.05) is 24.3 Å². The Hall–Kier alpha value is -2.00. The summed E-state index contributed by atoms with van der Waals surface area (Å²) in [5.74, 6) is -0.361. The van der Waals surface area contributed by atoms with Gasteiger partial charge in [0.1, 0.15) is 0 Å². The number of nitrogens with zero attached hydrogens (tertiary/aromatic N) is 1. The molecule has 0 saturated carbocycles. The molecule has 0 aliphatic heterocycles. The molecule has 4 heteroatoms. The first-order valence-electron chi connectivity index (χ1n) is 6.78. The zero-order chi connectivity index (χ0) is 15.1. The molecular formula is C17H16ClNO2. The lowest BCUT2D eigenvalue weighted by atomic mass is 9.95. The number of aromatic nitrogens is 1. The predicted octanol–water partition coefficient (Wildman–Crippen LogP) is 4.08. The molecule has 0 saturated heterocycles. The minimum atomic E-state index is -0.361. The zero-order valence-corrected chi connectivity index (χ0v) is 12.9. The summed E-state index contributed by atoms with van der Waals surface area (Å²) >= 11 is 6.66. The van der Waals surface area contributed by atoms with Crippen LogP contribution in [0.25, 0.3) is 11.1 Å². The number of alkyl halides is 1. The molecule has 0 N–H and O–H groups in total. The Morgan fingerprint density at radius 2 is 1.81 bits per heavy atom. The van der Waals surface area contributed by atoms with Gasteiger partial charge in [-0.25, -0.2) is 4.79 Å². The second-order valence-corrected chi connectivity index (χ2v) is 5.76. The van der Waals surface area contributed by atoms with E-state index in [1.165, 1.54) is 4.57 Å². The van der Waals surface area contributed by atoms with Crippen molar-refractivity contribution in [1.29, 1.82) is 0 Å². The molecule has 3 aromatic rings. The molecule has 1 unspecified atom stereocenters. The summed E-state index contributed by atoms with van der Waals surface area (Å²) in [4.78, 5) is 11.6. The van der Waals surface area contributed by atoms with Gasteiger partial charge in [-0.05, 0) is 48.2 Å². The lowest BCUT2D eigenvalue weighted by Gasteiger charge is -2.16. The highest BCUT2D eigenvalue weighted by atomic mass is 35.5. The molecule has 1 aromatic heterocycles. The smallest absolute Gasteiger partial charge is 0.408 e. The summed E-state index contributed by atoms with van der Waals surface area (Å²) in [6.45, 7) is 4.11. The summed E-state index contributed by atoms with van der Waals surface area (Å²) < 4.78 is 6.72. The molecule has 0 amide bonds. The van der Waals surface area contributed by atoms with Gasteiger partial charge in [0.2, 0.25) is 0 Å². The van der Waals surface area contributed by atoms with Crippen molar-refractivity contribution in [3.8, 4) is 0 Å². The number of oxazole rings is 1. The van der Waals surface area contributed by atoms with Gasteiger partial charge < -0.3 is 4.42 Å². The summed E-state index contributed by atoms with van der Waals surface area (Å²) in [6, 6.07) is 11.8. The standard InChI is InChI=1S/C17H16ClNO2/c1-10-5-4-6-11(2)15(10)16(18)12-7-8-13-14(9-12)21-17(20)19(13)3/h4-9,16H,1-3H3. The fraction of sp³-hybridized carbons (Fsp3) is 0.235. The molecule has 0 fully saturated rings. The van der Waals surface area contributed by atoms with Crippen molar-refractivity contribution in [1.82, 2.24) is 4.57 Å². The van der Waals surface area contributed by atoms with Crippen LogP contribution in [0.5, 0.6) is 0 Å².